The van der Waals surface area contributed by atoms with Crippen molar-refractivity contribution in [3.05, 3.63) is 11.9 Å². The highest BCUT2D eigenvalue weighted by Gasteiger charge is 2.16. The maximum atomic E-state index is 10.8. The molecule has 1 fully saturated rings. The molecule has 0 aliphatic carbocycles. The van der Waals surface area contributed by atoms with Crippen molar-refractivity contribution in [2.45, 2.75) is 12.5 Å². The minimum absolute atomic E-state index is 0.104. The maximum absolute atomic E-state index is 10.8. The lowest BCUT2D eigenvalue weighted by molar-refractivity contribution is -0.113. The van der Waals surface area contributed by atoms with Crippen LogP contribution in [0.15, 0.2) is 11.9 Å². The molecule has 1 unspecified atom stereocenters. The third-order valence-electron chi connectivity index (χ3n) is 2.10. The fourth-order valence-electron chi connectivity index (χ4n) is 1.35. The van der Waals surface area contributed by atoms with Gasteiger partial charge in [0.25, 0.3) is 0 Å². The lowest BCUT2D eigenvalue weighted by Crippen LogP contribution is -2.42. The highest BCUT2D eigenvalue weighted by molar-refractivity contribution is 5.94. The minimum Gasteiger partial charge on any atom is -0.380 e. The van der Waals surface area contributed by atoms with Crippen LogP contribution < -0.4 is 16.2 Å². The summed E-state index contributed by atoms with van der Waals surface area (Å²) in [4.78, 5) is 10.8. The first kappa shape index (κ1) is 8.52. The van der Waals surface area contributed by atoms with Crippen LogP contribution >= 0.6 is 0 Å². The van der Waals surface area contributed by atoms with Crippen molar-refractivity contribution in [3.8, 4) is 0 Å². The van der Waals surface area contributed by atoms with E-state index in [1.807, 2.05) is 0 Å². The summed E-state index contributed by atoms with van der Waals surface area (Å²) in [5, 5.41) is 2.93. The zero-order valence-electron chi connectivity index (χ0n) is 7.30. The van der Waals surface area contributed by atoms with Gasteiger partial charge in [0.1, 0.15) is 5.82 Å². The van der Waals surface area contributed by atoms with E-state index < -0.39 is 0 Å². The van der Waals surface area contributed by atoms with Crippen LogP contribution in [0.3, 0.4) is 0 Å². The van der Waals surface area contributed by atoms with Crippen molar-refractivity contribution < 1.29 is 9.53 Å². The summed E-state index contributed by atoms with van der Waals surface area (Å²) in [7, 11) is 0. The Balaban J connectivity index is 1.73. The summed E-state index contributed by atoms with van der Waals surface area (Å²) in [6.45, 7) is 1.93. The van der Waals surface area contributed by atoms with Crippen LogP contribution in [0.25, 0.3) is 0 Å². The Hall–Kier alpha value is -1.07. The first-order valence-corrected chi connectivity index (χ1v) is 4.42. The number of hydrazine groups is 1. The fourth-order valence-corrected chi connectivity index (χ4v) is 1.35. The van der Waals surface area contributed by atoms with Gasteiger partial charge in [-0.05, 0) is 6.42 Å². The molecule has 0 aromatic heterocycles. The van der Waals surface area contributed by atoms with Crippen molar-refractivity contribution in [2.24, 2.45) is 0 Å². The van der Waals surface area contributed by atoms with Crippen LogP contribution in [-0.2, 0) is 9.53 Å². The smallest absolute Gasteiger partial charge is 0.178 e. The van der Waals surface area contributed by atoms with Gasteiger partial charge in [-0.3, -0.25) is 4.79 Å². The minimum atomic E-state index is 0.104. The monoisotopic (exact) mass is 183 g/mol. The molecule has 0 radical (unpaired) electrons. The van der Waals surface area contributed by atoms with Crippen molar-refractivity contribution in [2.75, 3.05) is 19.8 Å². The average molecular weight is 183 g/mol. The van der Waals surface area contributed by atoms with Crippen LogP contribution in [0.2, 0.25) is 0 Å². The van der Waals surface area contributed by atoms with E-state index in [4.69, 9.17) is 4.74 Å². The number of hydrogen-bond donors (Lipinski definition) is 3. The predicted octanol–water partition coefficient (Wildman–Crippen LogP) is -1.12. The van der Waals surface area contributed by atoms with E-state index in [-0.39, 0.29) is 5.78 Å². The first-order valence-electron chi connectivity index (χ1n) is 4.42. The Morgan fingerprint density at radius 1 is 1.62 bits per heavy atom. The Labute approximate surface area is 76.5 Å². The molecule has 72 valence electrons. The SMILES string of the molecule is O=C1C=C(NNC2CCOC2)NC1. The molecular formula is C8H13N3O2. The number of ether oxygens (including phenoxy) is 1. The number of rotatable bonds is 3. The molecule has 0 aromatic carbocycles. The van der Waals surface area contributed by atoms with Gasteiger partial charge < -0.3 is 15.5 Å². The number of nitrogens with one attached hydrogen (secondary N) is 3. The summed E-state index contributed by atoms with van der Waals surface area (Å²) in [5.41, 5.74) is 6.04. The van der Waals surface area contributed by atoms with Crippen LogP contribution in [0.1, 0.15) is 6.42 Å². The molecule has 5 heteroatoms. The molecule has 0 spiro atoms. The van der Waals surface area contributed by atoms with Crippen molar-refractivity contribution in [1.82, 2.24) is 16.2 Å². The quantitative estimate of drug-likeness (QED) is 0.484. The highest BCUT2D eigenvalue weighted by atomic mass is 16.5. The molecule has 5 nitrogen and oxygen atoms in total. The molecule has 1 atom stereocenters. The molecule has 2 rings (SSSR count). The van der Waals surface area contributed by atoms with Gasteiger partial charge in [-0.2, -0.15) is 0 Å². The zero-order chi connectivity index (χ0) is 9.10. The summed E-state index contributed by atoms with van der Waals surface area (Å²) in [6, 6.07) is 0.346. The topological polar surface area (TPSA) is 62.4 Å². The molecule has 13 heavy (non-hydrogen) atoms. The molecule has 1 saturated heterocycles. The third kappa shape index (κ3) is 2.19. The lowest BCUT2D eigenvalue weighted by atomic mass is 10.3. The first-order chi connectivity index (χ1) is 6.34. The Bertz CT molecular complexity index is 234. The molecule has 0 saturated carbocycles. The Kier molecular flexibility index (Phi) is 2.47. The van der Waals surface area contributed by atoms with Gasteiger partial charge in [-0.15, -0.1) is 0 Å². The Morgan fingerprint density at radius 3 is 3.15 bits per heavy atom. The van der Waals surface area contributed by atoms with Gasteiger partial charge >= 0.3 is 0 Å². The van der Waals surface area contributed by atoms with Crippen LogP contribution in [-0.4, -0.2) is 31.6 Å². The number of ketones is 1. The summed E-state index contributed by atoms with van der Waals surface area (Å²) >= 11 is 0. The largest absolute Gasteiger partial charge is 0.380 e. The predicted molar refractivity (Wildman–Crippen MR) is 46.6 cm³/mol. The summed E-state index contributed by atoms with van der Waals surface area (Å²) < 4.78 is 5.18. The fraction of sp³-hybridized carbons (Fsp3) is 0.625. The van der Waals surface area contributed by atoms with E-state index >= 15 is 0 Å². The maximum Gasteiger partial charge on any atom is 0.178 e. The van der Waals surface area contributed by atoms with Gasteiger partial charge in [0, 0.05) is 12.7 Å². The van der Waals surface area contributed by atoms with Gasteiger partial charge in [0.2, 0.25) is 0 Å². The van der Waals surface area contributed by atoms with E-state index in [1.54, 1.807) is 6.08 Å². The molecule has 2 aliphatic rings. The van der Waals surface area contributed by atoms with Crippen molar-refractivity contribution >= 4 is 5.78 Å². The van der Waals surface area contributed by atoms with Crippen molar-refractivity contribution in [1.29, 1.82) is 0 Å². The van der Waals surface area contributed by atoms with E-state index in [1.165, 1.54) is 0 Å². The normalized spacial score (nSPS) is 27.2. The average Bonchev–Trinajstić information content (AvgIpc) is 2.71. The molecular weight excluding hydrogens is 170 g/mol. The molecule has 0 aromatic rings. The van der Waals surface area contributed by atoms with E-state index in [0.717, 1.165) is 25.5 Å². The summed E-state index contributed by atoms with van der Waals surface area (Å²) in [6.07, 6.45) is 2.57. The zero-order valence-corrected chi connectivity index (χ0v) is 7.30. The number of carbonyl (C=O) groups excluding carboxylic acids is 1. The molecule has 2 aliphatic heterocycles. The van der Waals surface area contributed by atoms with Crippen LogP contribution in [0, 0.1) is 0 Å². The van der Waals surface area contributed by atoms with Gasteiger partial charge in [0.05, 0.1) is 19.2 Å². The highest BCUT2D eigenvalue weighted by Crippen LogP contribution is 2.02. The van der Waals surface area contributed by atoms with E-state index in [2.05, 4.69) is 16.2 Å². The standard InChI is InChI=1S/C8H13N3O2/c12-7-3-8(9-4-7)11-10-6-1-2-13-5-6/h3,6,9-11H,1-2,4-5H2. The third-order valence-corrected chi connectivity index (χ3v) is 2.10. The lowest BCUT2D eigenvalue weighted by Gasteiger charge is -2.13. The Morgan fingerprint density at radius 2 is 2.54 bits per heavy atom. The molecule has 0 amide bonds. The summed E-state index contributed by atoms with van der Waals surface area (Å²) in [5.74, 6) is 0.851. The van der Waals surface area contributed by atoms with Gasteiger partial charge in [0.15, 0.2) is 5.78 Å². The number of carbonyl (C=O) groups is 1. The van der Waals surface area contributed by atoms with Crippen LogP contribution in [0.5, 0.6) is 0 Å². The van der Waals surface area contributed by atoms with Crippen LogP contribution in [0.4, 0.5) is 0 Å². The van der Waals surface area contributed by atoms with Gasteiger partial charge in [-0.1, -0.05) is 0 Å². The van der Waals surface area contributed by atoms with Gasteiger partial charge in [-0.25, -0.2) is 5.43 Å². The molecule has 3 N–H and O–H groups in total. The molecule has 0 bridgehead atoms. The number of hydrogen-bond acceptors (Lipinski definition) is 5. The molecule has 2 heterocycles. The van der Waals surface area contributed by atoms with E-state index in [9.17, 15) is 4.79 Å². The second kappa shape index (κ2) is 3.76. The second-order valence-corrected chi connectivity index (χ2v) is 3.21. The van der Waals surface area contributed by atoms with Crippen molar-refractivity contribution in [3.63, 3.8) is 0 Å². The van der Waals surface area contributed by atoms with E-state index in [0.29, 0.717) is 12.6 Å². The second-order valence-electron chi connectivity index (χ2n) is 3.21.